The lowest BCUT2D eigenvalue weighted by atomic mass is 9.99. The number of hydrogen-bond donors (Lipinski definition) is 1. The minimum absolute atomic E-state index is 0. The van der Waals surface area contributed by atoms with Crippen LogP contribution in [0.15, 0.2) is 4.52 Å². The van der Waals surface area contributed by atoms with Gasteiger partial charge in [-0.15, -0.1) is 12.4 Å². The van der Waals surface area contributed by atoms with E-state index in [-0.39, 0.29) is 17.9 Å². The van der Waals surface area contributed by atoms with Crippen molar-refractivity contribution in [3.05, 3.63) is 11.7 Å². The Kier molecular flexibility index (Phi) is 3.22. The highest BCUT2D eigenvalue weighted by Gasteiger charge is 2.36. The summed E-state index contributed by atoms with van der Waals surface area (Å²) in [5.41, 5.74) is 5.95. The van der Waals surface area contributed by atoms with Crippen molar-refractivity contribution >= 4 is 12.4 Å². The summed E-state index contributed by atoms with van der Waals surface area (Å²) < 4.78 is 5.25. The molecule has 0 unspecified atom stereocenters. The van der Waals surface area contributed by atoms with Crippen LogP contribution in [0.2, 0.25) is 0 Å². The van der Waals surface area contributed by atoms with Crippen molar-refractivity contribution in [1.82, 2.24) is 10.1 Å². The second-order valence-corrected chi connectivity index (χ2v) is 5.02. The van der Waals surface area contributed by atoms with Gasteiger partial charge in [0.1, 0.15) is 0 Å². The molecule has 0 aromatic carbocycles. The minimum atomic E-state index is -0.300. The number of hydrogen-bond acceptors (Lipinski definition) is 4. The molecule has 2 N–H and O–H groups in total. The summed E-state index contributed by atoms with van der Waals surface area (Å²) in [5, 5.41) is 4.04. The zero-order valence-electron chi connectivity index (χ0n) is 9.32. The van der Waals surface area contributed by atoms with Gasteiger partial charge in [-0.3, -0.25) is 0 Å². The Morgan fingerprint density at radius 2 is 2.00 bits per heavy atom. The molecule has 2 aliphatic carbocycles. The molecule has 2 saturated carbocycles. The molecule has 0 radical (unpaired) electrons. The Labute approximate surface area is 101 Å². The smallest absolute Gasteiger partial charge is 0.226 e. The summed E-state index contributed by atoms with van der Waals surface area (Å²) in [5.74, 6) is 2.30. The quantitative estimate of drug-likeness (QED) is 0.884. The van der Waals surface area contributed by atoms with Gasteiger partial charge in [-0.2, -0.15) is 4.98 Å². The zero-order valence-corrected chi connectivity index (χ0v) is 10.1. The number of halogens is 1. The van der Waals surface area contributed by atoms with Crippen LogP contribution < -0.4 is 5.73 Å². The Morgan fingerprint density at radius 3 is 2.62 bits per heavy atom. The summed E-state index contributed by atoms with van der Waals surface area (Å²) in [4.78, 5) is 4.44. The van der Waals surface area contributed by atoms with E-state index in [4.69, 9.17) is 10.3 Å². The van der Waals surface area contributed by atoms with Crippen molar-refractivity contribution in [3.63, 3.8) is 0 Å². The second kappa shape index (κ2) is 4.34. The van der Waals surface area contributed by atoms with E-state index in [1.807, 2.05) is 0 Å². The molecule has 0 aliphatic heterocycles. The first-order valence-corrected chi connectivity index (χ1v) is 5.88. The number of nitrogens with two attached hydrogens (primary N) is 1. The van der Waals surface area contributed by atoms with Crippen LogP contribution >= 0.6 is 12.4 Å². The van der Waals surface area contributed by atoms with E-state index in [0.29, 0.717) is 0 Å². The largest absolute Gasteiger partial charge is 0.339 e. The van der Waals surface area contributed by atoms with Gasteiger partial charge in [0, 0.05) is 6.42 Å². The van der Waals surface area contributed by atoms with Crippen LogP contribution in [0.1, 0.15) is 50.2 Å². The molecule has 2 aliphatic rings. The predicted molar refractivity (Wildman–Crippen MR) is 62.3 cm³/mol. The SMILES string of the molecule is Cl.NC1(c2noc(CC3CC3)n2)CCCC1. The van der Waals surface area contributed by atoms with Crippen molar-refractivity contribution in [2.24, 2.45) is 11.7 Å². The maximum atomic E-state index is 6.26. The van der Waals surface area contributed by atoms with Crippen LogP contribution in [-0.4, -0.2) is 10.1 Å². The van der Waals surface area contributed by atoms with Gasteiger partial charge >= 0.3 is 0 Å². The van der Waals surface area contributed by atoms with Crippen LogP contribution in [-0.2, 0) is 12.0 Å². The van der Waals surface area contributed by atoms with Gasteiger partial charge in [0.15, 0.2) is 5.82 Å². The van der Waals surface area contributed by atoms with Crippen LogP contribution in [0.4, 0.5) is 0 Å². The van der Waals surface area contributed by atoms with Crippen molar-refractivity contribution in [2.75, 3.05) is 0 Å². The standard InChI is InChI=1S/C11H17N3O.ClH/c12-11(5-1-2-6-11)10-13-9(15-14-10)7-8-3-4-8;/h8H,1-7,12H2;1H. The molecule has 0 saturated heterocycles. The maximum absolute atomic E-state index is 6.26. The first kappa shape index (κ1) is 11.9. The van der Waals surface area contributed by atoms with E-state index in [0.717, 1.165) is 36.9 Å². The van der Waals surface area contributed by atoms with Crippen molar-refractivity contribution in [2.45, 2.75) is 50.5 Å². The van der Waals surface area contributed by atoms with Gasteiger partial charge in [-0.25, -0.2) is 0 Å². The molecule has 1 heterocycles. The average molecular weight is 244 g/mol. The fourth-order valence-corrected chi connectivity index (χ4v) is 2.34. The average Bonchev–Trinajstić information content (AvgIpc) is 2.73. The number of rotatable bonds is 3. The molecule has 1 aromatic heterocycles. The van der Waals surface area contributed by atoms with Gasteiger partial charge in [0.25, 0.3) is 0 Å². The second-order valence-electron chi connectivity index (χ2n) is 5.02. The normalized spacial score (nSPS) is 23.1. The summed E-state index contributed by atoms with van der Waals surface area (Å²) in [6, 6.07) is 0. The lowest BCUT2D eigenvalue weighted by molar-refractivity contribution is 0.345. The fraction of sp³-hybridized carbons (Fsp3) is 0.818. The van der Waals surface area contributed by atoms with E-state index in [2.05, 4.69) is 10.1 Å². The molecule has 16 heavy (non-hydrogen) atoms. The fourth-order valence-electron chi connectivity index (χ4n) is 2.34. The molecule has 90 valence electrons. The summed E-state index contributed by atoms with van der Waals surface area (Å²) in [6.45, 7) is 0. The topological polar surface area (TPSA) is 64.9 Å². The zero-order chi connectivity index (χ0) is 10.3. The van der Waals surface area contributed by atoms with E-state index in [1.54, 1.807) is 0 Å². The maximum Gasteiger partial charge on any atom is 0.226 e. The third-order valence-electron chi connectivity index (χ3n) is 3.57. The number of aromatic nitrogens is 2. The molecular weight excluding hydrogens is 226 g/mol. The molecule has 1 aromatic rings. The Morgan fingerprint density at radius 1 is 1.31 bits per heavy atom. The highest BCUT2D eigenvalue weighted by Crippen LogP contribution is 2.36. The molecule has 4 nitrogen and oxygen atoms in total. The highest BCUT2D eigenvalue weighted by molar-refractivity contribution is 5.85. The van der Waals surface area contributed by atoms with Crippen molar-refractivity contribution < 1.29 is 4.52 Å². The van der Waals surface area contributed by atoms with Gasteiger partial charge in [-0.05, 0) is 31.6 Å². The van der Waals surface area contributed by atoms with Gasteiger partial charge in [-0.1, -0.05) is 18.0 Å². The molecular formula is C11H18ClN3O. The van der Waals surface area contributed by atoms with E-state index in [9.17, 15) is 0 Å². The molecule has 2 fully saturated rings. The Bertz CT molecular complexity index is 356. The molecule has 0 amide bonds. The molecule has 5 heteroatoms. The van der Waals surface area contributed by atoms with Gasteiger partial charge < -0.3 is 10.3 Å². The monoisotopic (exact) mass is 243 g/mol. The Balaban J connectivity index is 0.000000963. The van der Waals surface area contributed by atoms with Crippen LogP contribution in [0.25, 0.3) is 0 Å². The van der Waals surface area contributed by atoms with E-state index >= 15 is 0 Å². The van der Waals surface area contributed by atoms with Crippen LogP contribution in [0.3, 0.4) is 0 Å². The number of nitrogens with zero attached hydrogens (tertiary/aromatic N) is 2. The lowest BCUT2D eigenvalue weighted by Crippen LogP contribution is -2.34. The van der Waals surface area contributed by atoms with Crippen molar-refractivity contribution in [1.29, 1.82) is 0 Å². The van der Waals surface area contributed by atoms with Gasteiger partial charge in [0.2, 0.25) is 5.89 Å². The first-order valence-electron chi connectivity index (χ1n) is 5.88. The molecule has 0 bridgehead atoms. The lowest BCUT2D eigenvalue weighted by Gasteiger charge is -2.17. The van der Waals surface area contributed by atoms with Crippen LogP contribution in [0, 0.1) is 5.92 Å². The molecule has 3 rings (SSSR count). The molecule has 0 atom stereocenters. The molecule has 0 spiro atoms. The van der Waals surface area contributed by atoms with Crippen molar-refractivity contribution in [3.8, 4) is 0 Å². The van der Waals surface area contributed by atoms with E-state index < -0.39 is 0 Å². The summed E-state index contributed by atoms with van der Waals surface area (Å²) in [7, 11) is 0. The summed E-state index contributed by atoms with van der Waals surface area (Å²) in [6.07, 6.45) is 7.93. The van der Waals surface area contributed by atoms with Crippen LogP contribution in [0.5, 0.6) is 0 Å². The minimum Gasteiger partial charge on any atom is -0.339 e. The third-order valence-corrected chi connectivity index (χ3v) is 3.57. The first-order chi connectivity index (χ1) is 7.26. The predicted octanol–water partition coefficient (Wildman–Crippen LogP) is 2.17. The third kappa shape index (κ3) is 2.23. The highest BCUT2D eigenvalue weighted by atomic mass is 35.5. The van der Waals surface area contributed by atoms with Gasteiger partial charge in [0.05, 0.1) is 5.54 Å². The van der Waals surface area contributed by atoms with E-state index in [1.165, 1.54) is 25.7 Å². The Hall–Kier alpha value is -0.610. The summed E-state index contributed by atoms with van der Waals surface area (Å²) >= 11 is 0.